The number of hydrogen-bond donors (Lipinski definition) is 1. The first-order chi connectivity index (χ1) is 6.25. The van der Waals surface area contributed by atoms with E-state index in [0.29, 0.717) is 6.04 Å². The normalized spacial score (nSPS) is 24.0. The zero-order chi connectivity index (χ0) is 9.26. The van der Waals surface area contributed by atoms with Gasteiger partial charge in [-0.25, -0.2) is 4.98 Å². The number of nitrogens with two attached hydrogens (primary N) is 1. The van der Waals surface area contributed by atoms with Gasteiger partial charge in [0.2, 0.25) is 0 Å². The highest BCUT2D eigenvalue weighted by atomic mass is 15.1. The summed E-state index contributed by atoms with van der Waals surface area (Å²) in [6.45, 7) is 3.19. The highest BCUT2D eigenvalue weighted by Gasteiger charge is 2.19. The van der Waals surface area contributed by atoms with Crippen LogP contribution in [-0.2, 0) is 13.0 Å². The Labute approximate surface area is 79.0 Å². The topological polar surface area (TPSA) is 43.8 Å². The number of hydrogen-bond acceptors (Lipinski definition) is 2. The van der Waals surface area contributed by atoms with Crippen molar-refractivity contribution < 1.29 is 0 Å². The Morgan fingerprint density at radius 1 is 1.77 bits per heavy atom. The second kappa shape index (κ2) is 3.50. The number of aromatic nitrogens is 2. The largest absolute Gasteiger partial charge is 0.335 e. The SMILES string of the molecule is CC(N)CC1CCc2nccn2C1. The lowest BCUT2D eigenvalue weighted by molar-refractivity contribution is 0.327. The summed E-state index contributed by atoms with van der Waals surface area (Å²) in [4.78, 5) is 4.30. The van der Waals surface area contributed by atoms with E-state index < -0.39 is 0 Å². The number of rotatable bonds is 2. The molecule has 3 heteroatoms. The lowest BCUT2D eigenvalue weighted by Gasteiger charge is -2.24. The third-order valence-corrected chi connectivity index (χ3v) is 2.74. The van der Waals surface area contributed by atoms with Gasteiger partial charge in [0.25, 0.3) is 0 Å². The molecule has 2 rings (SSSR count). The average Bonchev–Trinajstić information content (AvgIpc) is 2.49. The highest BCUT2D eigenvalue weighted by Crippen LogP contribution is 2.21. The van der Waals surface area contributed by atoms with E-state index in [4.69, 9.17) is 5.73 Å². The summed E-state index contributed by atoms with van der Waals surface area (Å²) in [5.41, 5.74) is 5.79. The van der Waals surface area contributed by atoms with Gasteiger partial charge in [0.15, 0.2) is 0 Å². The van der Waals surface area contributed by atoms with Crippen molar-refractivity contribution in [2.45, 2.75) is 38.8 Å². The van der Waals surface area contributed by atoms with Crippen LogP contribution in [0.5, 0.6) is 0 Å². The van der Waals surface area contributed by atoms with Gasteiger partial charge in [0, 0.05) is 31.4 Å². The Morgan fingerprint density at radius 3 is 3.38 bits per heavy atom. The van der Waals surface area contributed by atoms with Crippen molar-refractivity contribution in [1.29, 1.82) is 0 Å². The molecule has 0 spiro atoms. The van der Waals surface area contributed by atoms with Crippen LogP contribution < -0.4 is 5.73 Å². The standard InChI is InChI=1S/C10H17N3/c1-8(11)6-9-2-3-10-12-4-5-13(10)7-9/h4-5,8-9H,2-3,6-7,11H2,1H3. The Kier molecular flexibility index (Phi) is 2.36. The summed E-state index contributed by atoms with van der Waals surface area (Å²) in [7, 11) is 0. The lowest BCUT2D eigenvalue weighted by Crippen LogP contribution is -2.26. The molecule has 1 aliphatic heterocycles. The number of aryl methyl sites for hydroxylation is 1. The van der Waals surface area contributed by atoms with Crippen LogP contribution >= 0.6 is 0 Å². The zero-order valence-corrected chi connectivity index (χ0v) is 8.11. The summed E-state index contributed by atoms with van der Waals surface area (Å²) in [5.74, 6) is 1.99. The summed E-state index contributed by atoms with van der Waals surface area (Å²) in [5, 5.41) is 0. The van der Waals surface area contributed by atoms with E-state index >= 15 is 0 Å². The molecule has 1 aromatic heterocycles. The van der Waals surface area contributed by atoms with Crippen molar-refractivity contribution in [3.63, 3.8) is 0 Å². The monoisotopic (exact) mass is 179 g/mol. The Balaban J connectivity index is 2.00. The van der Waals surface area contributed by atoms with Crippen molar-refractivity contribution in [1.82, 2.24) is 9.55 Å². The van der Waals surface area contributed by atoms with Crippen LogP contribution in [0.1, 0.15) is 25.6 Å². The van der Waals surface area contributed by atoms with E-state index in [2.05, 4.69) is 22.7 Å². The second-order valence-electron chi connectivity index (χ2n) is 4.11. The average molecular weight is 179 g/mol. The minimum absolute atomic E-state index is 0.329. The maximum Gasteiger partial charge on any atom is 0.108 e. The summed E-state index contributed by atoms with van der Waals surface area (Å²) < 4.78 is 2.26. The maximum atomic E-state index is 5.79. The lowest BCUT2D eigenvalue weighted by atomic mass is 9.93. The molecule has 0 saturated carbocycles. The van der Waals surface area contributed by atoms with Crippen molar-refractivity contribution in [3.05, 3.63) is 18.2 Å². The molecule has 0 fully saturated rings. The van der Waals surface area contributed by atoms with E-state index in [1.807, 2.05) is 6.20 Å². The fourth-order valence-electron chi connectivity index (χ4n) is 2.16. The van der Waals surface area contributed by atoms with E-state index in [9.17, 15) is 0 Å². The molecule has 3 nitrogen and oxygen atoms in total. The number of imidazole rings is 1. The first-order valence-corrected chi connectivity index (χ1v) is 5.01. The molecule has 0 saturated heterocycles. The summed E-state index contributed by atoms with van der Waals surface area (Å²) in [6, 6.07) is 0.329. The fraction of sp³-hybridized carbons (Fsp3) is 0.700. The fourth-order valence-corrected chi connectivity index (χ4v) is 2.16. The minimum atomic E-state index is 0.329. The second-order valence-corrected chi connectivity index (χ2v) is 4.11. The van der Waals surface area contributed by atoms with Crippen molar-refractivity contribution in [3.8, 4) is 0 Å². The predicted octanol–water partition coefficient (Wildman–Crippen LogP) is 1.18. The molecule has 2 atom stereocenters. The molecule has 2 unspecified atom stereocenters. The molecule has 1 aromatic rings. The number of fused-ring (bicyclic) bond motifs is 1. The quantitative estimate of drug-likeness (QED) is 0.741. The van der Waals surface area contributed by atoms with Crippen LogP contribution in [-0.4, -0.2) is 15.6 Å². The van der Waals surface area contributed by atoms with Gasteiger partial charge in [-0.15, -0.1) is 0 Å². The van der Waals surface area contributed by atoms with Crippen LogP contribution in [0.2, 0.25) is 0 Å². The summed E-state index contributed by atoms with van der Waals surface area (Å²) >= 11 is 0. The van der Waals surface area contributed by atoms with Gasteiger partial charge >= 0.3 is 0 Å². The third-order valence-electron chi connectivity index (χ3n) is 2.74. The van der Waals surface area contributed by atoms with Crippen LogP contribution in [0, 0.1) is 5.92 Å². The molecule has 0 radical (unpaired) electrons. The van der Waals surface area contributed by atoms with Gasteiger partial charge in [-0.3, -0.25) is 0 Å². The Morgan fingerprint density at radius 2 is 2.62 bits per heavy atom. The minimum Gasteiger partial charge on any atom is -0.335 e. The number of nitrogens with zero attached hydrogens (tertiary/aromatic N) is 2. The predicted molar refractivity (Wildman–Crippen MR) is 52.3 cm³/mol. The van der Waals surface area contributed by atoms with E-state index in [-0.39, 0.29) is 0 Å². The van der Waals surface area contributed by atoms with Gasteiger partial charge in [-0.2, -0.15) is 0 Å². The van der Waals surface area contributed by atoms with Crippen LogP contribution in [0.4, 0.5) is 0 Å². The van der Waals surface area contributed by atoms with E-state index in [1.54, 1.807) is 0 Å². The third kappa shape index (κ3) is 1.91. The maximum absolute atomic E-state index is 5.79. The van der Waals surface area contributed by atoms with Crippen molar-refractivity contribution in [2.24, 2.45) is 11.7 Å². The van der Waals surface area contributed by atoms with E-state index in [1.165, 1.54) is 12.2 Å². The van der Waals surface area contributed by atoms with E-state index in [0.717, 1.165) is 25.3 Å². The Bertz CT molecular complexity index is 277. The van der Waals surface area contributed by atoms with Crippen LogP contribution in [0.15, 0.2) is 12.4 Å². The van der Waals surface area contributed by atoms with Gasteiger partial charge in [-0.05, 0) is 25.7 Å². The molecular formula is C10H17N3. The van der Waals surface area contributed by atoms with Crippen molar-refractivity contribution in [2.75, 3.05) is 0 Å². The molecular weight excluding hydrogens is 162 g/mol. The molecule has 2 heterocycles. The smallest absolute Gasteiger partial charge is 0.108 e. The molecule has 0 bridgehead atoms. The first kappa shape index (κ1) is 8.75. The molecule has 72 valence electrons. The van der Waals surface area contributed by atoms with Gasteiger partial charge < -0.3 is 10.3 Å². The van der Waals surface area contributed by atoms with Crippen LogP contribution in [0.25, 0.3) is 0 Å². The zero-order valence-electron chi connectivity index (χ0n) is 8.11. The molecule has 2 N–H and O–H groups in total. The molecule has 0 aromatic carbocycles. The Hall–Kier alpha value is -0.830. The highest BCUT2D eigenvalue weighted by molar-refractivity contribution is 4.96. The van der Waals surface area contributed by atoms with Crippen molar-refractivity contribution >= 4 is 0 Å². The van der Waals surface area contributed by atoms with Gasteiger partial charge in [-0.1, -0.05) is 0 Å². The molecule has 0 aliphatic carbocycles. The molecule has 13 heavy (non-hydrogen) atoms. The van der Waals surface area contributed by atoms with Crippen LogP contribution in [0.3, 0.4) is 0 Å². The van der Waals surface area contributed by atoms with Gasteiger partial charge in [0.05, 0.1) is 0 Å². The molecule has 0 amide bonds. The molecule has 1 aliphatic rings. The first-order valence-electron chi connectivity index (χ1n) is 5.01. The summed E-state index contributed by atoms with van der Waals surface area (Å²) in [6.07, 6.45) is 7.47. The van der Waals surface area contributed by atoms with Gasteiger partial charge in [0.1, 0.15) is 5.82 Å².